The average molecular weight is 269 g/mol. The Morgan fingerprint density at radius 3 is 2.65 bits per heavy atom. The number of carbonyl (C=O) groups is 1. The fraction of sp³-hybridized carbons (Fsp3) is 0.250. The Morgan fingerprint density at radius 2 is 2.00 bits per heavy atom. The van der Waals surface area contributed by atoms with Gasteiger partial charge in [0.1, 0.15) is 0 Å². The Bertz CT molecular complexity index is 569. The van der Waals surface area contributed by atoms with Crippen molar-refractivity contribution in [2.45, 2.75) is 13.3 Å². The minimum Gasteiger partial charge on any atom is -0.399 e. The first-order valence-electron chi connectivity index (χ1n) is 6.74. The van der Waals surface area contributed by atoms with Crippen molar-refractivity contribution in [2.24, 2.45) is 0 Å². The molecule has 0 saturated heterocycles. The largest absolute Gasteiger partial charge is 0.399 e. The topological polar surface area (TPSA) is 59.2 Å². The summed E-state index contributed by atoms with van der Waals surface area (Å²) in [6.07, 6.45) is 4.36. The fourth-order valence-electron chi connectivity index (χ4n) is 2.07. The van der Waals surface area contributed by atoms with Gasteiger partial charge in [0.05, 0.1) is 0 Å². The van der Waals surface area contributed by atoms with E-state index >= 15 is 0 Å². The Morgan fingerprint density at radius 1 is 1.25 bits per heavy atom. The van der Waals surface area contributed by atoms with Gasteiger partial charge in [0.15, 0.2) is 0 Å². The van der Waals surface area contributed by atoms with Gasteiger partial charge < -0.3 is 10.6 Å². The maximum absolute atomic E-state index is 12.4. The van der Waals surface area contributed by atoms with E-state index in [1.165, 1.54) is 5.56 Å². The molecule has 0 aliphatic rings. The predicted octanol–water partition coefficient (Wildman–Crippen LogP) is 2.37. The van der Waals surface area contributed by atoms with Gasteiger partial charge in [-0.3, -0.25) is 9.78 Å². The summed E-state index contributed by atoms with van der Waals surface area (Å²) in [4.78, 5) is 18.2. The number of carbonyl (C=O) groups excluding carboxylic acids is 1. The lowest BCUT2D eigenvalue weighted by Crippen LogP contribution is -2.32. The van der Waals surface area contributed by atoms with Gasteiger partial charge in [-0.15, -0.1) is 0 Å². The van der Waals surface area contributed by atoms with Gasteiger partial charge in [0, 0.05) is 36.7 Å². The van der Waals surface area contributed by atoms with Gasteiger partial charge in [-0.05, 0) is 49.2 Å². The number of nitrogen functional groups attached to an aromatic ring is 1. The summed E-state index contributed by atoms with van der Waals surface area (Å²) in [5.74, 6) is 0.0221. The SMILES string of the molecule is CCN(CCc1ccncc1)C(=O)c1cccc(N)c1. The molecular formula is C16H19N3O. The third-order valence-corrected chi connectivity index (χ3v) is 3.22. The number of aromatic nitrogens is 1. The van der Waals surface area contributed by atoms with Gasteiger partial charge in [-0.2, -0.15) is 0 Å². The highest BCUT2D eigenvalue weighted by Gasteiger charge is 2.13. The molecule has 0 spiro atoms. The maximum Gasteiger partial charge on any atom is 0.253 e. The molecule has 4 heteroatoms. The minimum atomic E-state index is 0.0221. The molecule has 0 unspecified atom stereocenters. The summed E-state index contributed by atoms with van der Waals surface area (Å²) in [5.41, 5.74) is 8.16. The van der Waals surface area contributed by atoms with Gasteiger partial charge >= 0.3 is 0 Å². The van der Waals surface area contributed by atoms with E-state index in [0.29, 0.717) is 24.3 Å². The Balaban J connectivity index is 2.03. The Hall–Kier alpha value is -2.36. The van der Waals surface area contributed by atoms with Crippen molar-refractivity contribution in [3.8, 4) is 0 Å². The Kier molecular flexibility index (Phi) is 4.71. The number of rotatable bonds is 5. The Labute approximate surface area is 119 Å². The molecule has 0 bridgehead atoms. The zero-order valence-corrected chi connectivity index (χ0v) is 11.6. The number of anilines is 1. The zero-order chi connectivity index (χ0) is 14.4. The van der Waals surface area contributed by atoms with Crippen molar-refractivity contribution in [3.05, 3.63) is 59.9 Å². The van der Waals surface area contributed by atoms with Crippen molar-refractivity contribution in [1.29, 1.82) is 0 Å². The first kappa shape index (κ1) is 14.1. The van der Waals surface area contributed by atoms with E-state index in [2.05, 4.69) is 4.98 Å². The summed E-state index contributed by atoms with van der Waals surface area (Å²) < 4.78 is 0. The molecule has 2 N–H and O–H groups in total. The number of hydrogen-bond donors (Lipinski definition) is 1. The van der Waals surface area contributed by atoms with Gasteiger partial charge in [0.25, 0.3) is 5.91 Å². The lowest BCUT2D eigenvalue weighted by atomic mass is 10.1. The van der Waals surface area contributed by atoms with Crippen LogP contribution in [0.1, 0.15) is 22.8 Å². The lowest BCUT2D eigenvalue weighted by Gasteiger charge is -2.21. The van der Waals surface area contributed by atoms with Crippen LogP contribution < -0.4 is 5.73 Å². The molecule has 4 nitrogen and oxygen atoms in total. The first-order valence-corrected chi connectivity index (χ1v) is 6.74. The molecule has 0 aliphatic heterocycles. The third-order valence-electron chi connectivity index (χ3n) is 3.22. The molecule has 1 heterocycles. The molecule has 0 aliphatic carbocycles. The van der Waals surface area contributed by atoms with Crippen molar-refractivity contribution in [2.75, 3.05) is 18.8 Å². The van der Waals surface area contributed by atoms with E-state index < -0.39 is 0 Å². The molecule has 2 rings (SSSR count). The number of nitrogens with zero attached hydrogens (tertiary/aromatic N) is 2. The van der Waals surface area contributed by atoms with Crippen molar-refractivity contribution in [1.82, 2.24) is 9.88 Å². The number of likely N-dealkylation sites (N-methyl/N-ethyl adjacent to an activating group) is 1. The third kappa shape index (κ3) is 3.57. The molecular weight excluding hydrogens is 250 g/mol. The van der Waals surface area contributed by atoms with E-state index in [1.807, 2.05) is 24.0 Å². The number of pyridine rings is 1. The van der Waals surface area contributed by atoms with Crippen molar-refractivity contribution >= 4 is 11.6 Å². The molecule has 1 amide bonds. The van der Waals surface area contributed by atoms with Gasteiger partial charge in [0.2, 0.25) is 0 Å². The monoisotopic (exact) mass is 269 g/mol. The van der Waals surface area contributed by atoms with E-state index in [-0.39, 0.29) is 5.91 Å². The zero-order valence-electron chi connectivity index (χ0n) is 11.6. The van der Waals surface area contributed by atoms with Crippen LogP contribution in [0.25, 0.3) is 0 Å². The number of nitrogens with two attached hydrogens (primary N) is 1. The van der Waals surface area contributed by atoms with Gasteiger partial charge in [-0.1, -0.05) is 6.07 Å². The summed E-state index contributed by atoms with van der Waals surface area (Å²) in [6, 6.07) is 11.0. The first-order chi connectivity index (χ1) is 9.70. The predicted molar refractivity (Wildman–Crippen MR) is 80.4 cm³/mol. The quantitative estimate of drug-likeness (QED) is 0.848. The second kappa shape index (κ2) is 6.70. The smallest absolute Gasteiger partial charge is 0.253 e. The normalized spacial score (nSPS) is 10.2. The number of benzene rings is 1. The van der Waals surface area contributed by atoms with Crippen LogP contribution in [0.3, 0.4) is 0 Å². The van der Waals surface area contributed by atoms with Crippen LogP contribution in [0.15, 0.2) is 48.8 Å². The summed E-state index contributed by atoms with van der Waals surface area (Å²) in [7, 11) is 0. The maximum atomic E-state index is 12.4. The lowest BCUT2D eigenvalue weighted by molar-refractivity contribution is 0.0766. The summed E-state index contributed by atoms with van der Waals surface area (Å²) in [6.45, 7) is 3.35. The van der Waals surface area contributed by atoms with E-state index in [9.17, 15) is 4.79 Å². The summed E-state index contributed by atoms with van der Waals surface area (Å²) >= 11 is 0. The number of hydrogen-bond acceptors (Lipinski definition) is 3. The molecule has 20 heavy (non-hydrogen) atoms. The van der Waals surface area contributed by atoms with Crippen LogP contribution in [-0.4, -0.2) is 28.9 Å². The number of amides is 1. The van der Waals surface area contributed by atoms with Crippen molar-refractivity contribution in [3.63, 3.8) is 0 Å². The standard InChI is InChI=1S/C16H19N3O/c1-2-19(11-8-13-6-9-18-10-7-13)16(20)14-4-3-5-15(17)12-14/h3-7,9-10,12H,2,8,11,17H2,1H3. The molecule has 0 radical (unpaired) electrons. The van der Waals surface area contributed by atoms with Crippen LogP contribution >= 0.6 is 0 Å². The highest BCUT2D eigenvalue weighted by Crippen LogP contribution is 2.10. The summed E-state index contributed by atoms with van der Waals surface area (Å²) in [5, 5.41) is 0. The molecule has 0 fully saturated rings. The molecule has 1 aromatic heterocycles. The fourth-order valence-corrected chi connectivity index (χ4v) is 2.07. The second-order valence-electron chi connectivity index (χ2n) is 4.62. The molecule has 1 aromatic carbocycles. The van der Waals surface area contributed by atoms with Crippen molar-refractivity contribution < 1.29 is 4.79 Å². The van der Waals surface area contributed by atoms with Crippen LogP contribution in [0, 0.1) is 0 Å². The van der Waals surface area contributed by atoms with E-state index in [1.54, 1.807) is 36.7 Å². The molecule has 2 aromatic rings. The minimum absolute atomic E-state index is 0.0221. The average Bonchev–Trinajstić information content (AvgIpc) is 2.48. The van der Waals surface area contributed by atoms with E-state index in [4.69, 9.17) is 5.73 Å². The van der Waals surface area contributed by atoms with Crippen LogP contribution in [0.5, 0.6) is 0 Å². The van der Waals surface area contributed by atoms with Crippen LogP contribution in [-0.2, 0) is 6.42 Å². The van der Waals surface area contributed by atoms with Crippen LogP contribution in [0.4, 0.5) is 5.69 Å². The molecule has 0 atom stereocenters. The highest BCUT2D eigenvalue weighted by atomic mass is 16.2. The van der Waals surface area contributed by atoms with E-state index in [0.717, 1.165) is 6.42 Å². The highest BCUT2D eigenvalue weighted by molar-refractivity contribution is 5.95. The molecule has 104 valence electrons. The second-order valence-corrected chi connectivity index (χ2v) is 4.62. The molecule has 0 saturated carbocycles. The van der Waals surface area contributed by atoms with Gasteiger partial charge in [-0.25, -0.2) is 0 Å². The van der Waals surface area contributed by atoms with Crippen LogP contribution in [0.2, 0.25) is 0 Å².